The second-order valence-electron chi connectivity index (χ2n) is 2.14. The van der Waals surface area contributed by atoms with E-state index in [-0.39, 0.29) is 5.69 Å². The molecule has 1 heterocycles. The molecule has 1 aromatic heterocycles. The minimum Gasteiger partial charge on any atom is -0.358 e. The molecule has 0 atom stereocenters. The standard InChI is InChI=1S/C4H3Cl3N4O2/c1-10-3(11(12)13)2(8-9-10)4(5,6)7/h1H3. The summed E-state index contributed by atoms with van der Waals surface area (Å²) < 4.78 is -1.01. The predicted octanol–water partition coefficient (Wildman–Crippen LogP) is 1.55. The third kappa shape index (κ3) is 2.01. The Kier molecular flexibility index (Phi) is 2.65. The van der Waals surface area contributed by atoms with Crippen molar-refractivity contribution in [2.24, 2.45) is 7.05 Å². The Morgan fingerprint density at radius 2 is 2.08 bits per heavy atom. The van der Waals surface area contributed by atoms with E-state index >= 15 is 0 Å². The van der Waals surface area contributed by atoms with Gasteiger partial charge in [0, 0.05) is 5.21 Å². The molecule has 0 amide bonds. The highest BCUT2D eigenvalue weighted by molar-refractivity contribution is 6.66. The Morgan fingerprint density at radius 3 is 2.38 bits per heavy atom. The molecule has 1 aromatic rings. The average molecular weight is 245 g/mol. The molecule has 13 heavy (non-hydrogen) atoms. The number of nitro groups is 1. The number of nitrogens with zero attached hydrogens (tertiary/aromatic N) is 4. The average Bonchev–Trinajstić information content (AvgIpc) is 2.28. The molecule has 0 aromatic carbocycles. The van der Waals surface area contributed by atoms with Crippen molar-refractivity contribution in [1.82, 2.24) is 15.0 Å². The van der Waals surface area contributed by atoms with E-state index in [4.69, 9.17) is 34.8 Å². The number of halogens is 3. The fourth-order valence-corrected chi connectivity index (χ4v) is 1.11. The summed E-state index contributed by atoms with van der Waals surface area (Å²) in [6.45, 7) is 0. The third-order valence-corrected chi connectivity index (χ3v) is 1.78. The molecule has 0 N–H and O–H groups in total. The van der Waals surface area contributed by atoms with Gasteiger partial charge in [0.1, 0.15) is 7.05 Å². The van der Waals surface area contributed by atoms with Gasteiger partial charge in [0.05, 0.1) is 0 Å². The van der Waals surface area contributed by atoms with Crippen LogP contribution in [-0.2, 0) is 10.8 Å². The molecule has 0 unspecified atom stereocenters. The molecule has 0 saturated heterocycles. The van der Waals surface area contributed by atoms with E-state index in [1.54, 1.807) is 0 Å². The summed E-state index contributed by atoms with van der Waals surface area (Å²) in [4.78, 5) is 9.77. The van der Waals surface area contributed by atoms with Crippen LogP contribution in [-0.4, -0.2) is 19.9 Å². The van der Waals surface area contributed by atoms with Crippen molar-refractivity contribution in [3.63, 3.8) is 0 Å². The zero-order chi connectivity index (χ0) is 10.2. The van der Waals surface area contributed by atoms with Crippen molar-refractivity contribution in [2.45, 2.75) is 3.79 Å². The largest absolute Gasteiger partial charge is 0.372 e. The van der Waals surface area contributed by atoms with E-state index in [1.807, 2.05) is 0 Å². The molecule has 0 aliphatic heterocycles. The first-order valence-corrected chi connectivity index (χ1v) is 4.08. The Labute approximate surface area is 87.5 Å². The lowest BCUT2D eigenvalue weighted by Gasteiger charge is -2.05. The van der Waals surface area contributed by atoms with Crippen molar-refractivity contribution in [3.8, 4) is 0 Å². The molecule has 0 fully saturated rings. The first-order valence-electron chi connectivity index (χ1n) is 2.95. The summed E-state index contributed by atoms with van der Waals surface area (Å²) in [5, 5.41) is 17.2. The molecule has 0 radical (unpaired) electrons. The summed E-state index contributed by atoms with van der Waals surface area (Å²) >= 11 is 16.3. The van der Waals surface area contributed by atoms with Gasteiger partial charge in [-0.3, -0.25) is 0 Å². The lowest BCUT2D eigenvalue weighted by atomic mass is 10.5. The minimum atomic E-state index is -1.93. The summed E-state index contributed by atoms with van der Waals surface area (Å²) in [5.41, 5.74) is -0.287. The summed E-state index contributed by atoms with van der Waals surface area (Å²) in [6, 6.07) is 0. The van der Waals surface area contributed by atoms with E-state index in [0.717, 1.165) is 4.68 Å². The highest BCUT2D eigenvalue weighted by Gasteiger charge is 2.37. The smallest absolute Gasteiger partial charge is 0.358 e. The molecule has 72 valence electrons. The Bertz CT molecular complexity index is 344. The van der Waals surface area contributed by atoms with Gasteiger partial charge in [-0.25, -0.2) is 0 Å². The van der Waals surface area contributed by atoms with Crippen LogP contribution in [0.3, 0.4) is 0 Å². The number of aryl methyl sites for hydroxylation is 1. The third-order valence-electron chi connectivity index (χ3n) is 1.24. The topological polar surface area (TPSA) is 73.8 Å². The van der Waals surface area contributed by atoms with Crippen LogP contribution in [0.15, 0.2) is 0 Å². The van der Waals surface area contributed by atoms with Gasteiger partial charge in [-0.15, -0.1) is 9.78 Å². The molecule has 6 nitrogen and oxygen atoms in total. The molecule has 1 rings (SSSR count). The molecule has 0 aliphatic rings. The van der Waals surface area contributed by atoms with Gasteiger partial charge in [-0.2, -0.15) is 0 Å². The second-order valence-corrected chi connectivity index (χ2v) is 4.42. The first-order chi connectivity index (χ1) is 5.84. The summed E-state index contributed by atoms with van der Waals surface area (Å²) in [5.74, 6) is -0.431. The quantitative estimate of drug-likeness (QED) is 0.427. The number of rotatable bonds is 1. The van der Waals surface area contributed by atoms with E-state index in [2.05, 4.69) is 10.3 Å². The Balaban J connectivity index is 3.31. The van der Waals surface area contributed by atoms with Crippen LogP contribution in [0.4, 0.5) is 5.82 Å². The molecule has 9 heteroatoms. The maximum Gasteiger partial charge on any atom is 0.372 e. The molecular formula is C4H3Cl3N4O2. The van der Waals surface area contributed by atoms with Gasteiger partial charge in [-0.05, 0) is 4.92 Å². The first kappa shape index (κ1) is 10.5. The van der Waals surface area contributed by atoms with Crippen molar-refractivity contribution >= 4 is 40.6 Å². The zero-order valence-electron chi connectivity index (χ0n) is 6.24. The van der Waals surface area contributed by atoms with Crippen molar-refractivity contribution in [1.29, 1.82) is 0 Å². The number of alkyl halides is 3. The molecule has 0 saturated carbocycles. The summed E-state index contributed by atoms with van der Waals surface area (Å²) in [7, 11) is 1.34. The van der Waals surface area contributed by atoms with Gasteiger partial charge >= 0.3 is 5.82 Å². The van der Waals surface area contributed by atoms with Crippen molar-refractivity contribution < 1.29 is 4.92 Å². The van der Waals surface area contributed by atoms with Crippen molar-refractivity contribution in [3.05, 3.63) is 15.8 Å². The number of hydrogen-bond acceptors (Lipinski definition) is 4. The molecule has 0 spiro atoms. The van der Waals surface area contributed by atoms with Crippen molar-refractivity contribution in [2.75, 3.05) is 0 Å². The van der Waals surface area contributed by atoms with E-state index in [0.29, 0.717) is 0 Å². The molecule has 0 aliphatic carbocycles. The van der Waals surface area contributed by atoms with Crippen LogP contribution in [0, 0.1) is 10.1 Å². The minimum absolute atomic E-state index is 0.287. The lowest BCUT2D eigenvalue weighted by molar-refractivity contribution is -0.393. The monoisotopic (exact) mass is 244 g/mol. The molecular weight excluding hydrogens is 242 g/mol. The van der Waals surface area contributed by atoms with Crippen LogP contribution < -0.4 is 0 Å². The fraction of sp³-hybridized carbons (Fsp3) is 0.500. The maximum absolute atomic E-state index is 10.5. The van der Waals surface area contributed by atoms with Gasteiger partial charge in [0.2, 0.25) is 9.49 Å². The van der Waals surface area contributed by atoms with E-state index in [9.17, 15) is 10.1 Å². The number of aromatic nitrogens is 3. The van der Waals surface area contributed by atoms with Crippen LogP contribution in [0.2, 0.25) is 0 Å². The van der Waals surface area contributed by atoms with E-state index < -0.39 is 14.5 Å². The fourth-order valence-electron chi connectivity index (χ4n) is 0.740. The van der Waals surface area contributed by atoms with Crippen LogP contribution in [0.5, 0.6) is 0 Å². The Hall–Kier alpha value is -0.590. The Morgan fingerprint density at radius 1 is 1.54 bits per heavy atom. The maximum atomic E-state index is 10.5. The SMILES string of the molecule is Cn1nnc(C(Cl)(Cl)Cl)c1[N+](=O)[O-]. The van der Waals surface area contributed by atoms with Crippen LogP contribution >= 0.6 is 34.8 Å². The number of hydrogen-bond donors (Lipinski definition) is 0. The highest BCUT2D eigenvalue weighted by Crippen LogP contribution is 2.40. The normalized spacial score (nSPS) is 11.7. The summed E-state index contributed by atoms with van der Waals surface area (Å²) in [6.07, 6.45) is 0. The second kappa shape index (κ2) is 3.28. The van der Waals surface area contributed by atoms with Gasteiger partial charge in [0.15, 0.2) is 0 Å². The van der Waals surface area contributed by atoms with Crippen LogP contribution in [0.25, 0.3) is 0 Å². The van der Waals surface area contributed by atoms with Crippen LogP contribution in [0.1, 0.15) is 5.69 Å². The van der Waals surface area contributed by atoms with Gasteiger partial charge in [0.25, 0.3) is 0 Å². The van der Waals surface area contributed by atoms with E-state index in [1.165, 1.54) is 7.05 Å². The zero-order valence-corrected chi connectivity index (χ0v) is 8.51. The van der Waals surface area contributed by atoms with Gasteiger partial charge in [-0.1, -0.05) is 34.8 Å². The highest BCUT2D eigenvalue weighted by atomic mass is 35.6. The van der Waals surface area contributed by atoms with Gasteiger partial charge < -0.3 is 10.1 Å². The predicted molar refractivity (Wildman–Crippen MR) is 46.9 cm³/mol. The lowest BCUT2D eigenvalue weighted by Crippen LogP contribution is -2.06. The molecule has 0 bridgehead atoms.